The Morgan fingerprint density at radius 2 is 1.92 bits per heavy atom. The van der Waals surface area contributed by atoms with Crippen LogP contribution in [0.1, 0.15) is 65.9 Å². The van der Waals surface area contributed by atoms with Crippen molar-refractivity contribution >= 4 is 6.20 Å². The molecular weight excluding hydrogens is 292 g/mol. The molecule has 2 nitrogen and oxygen atoms in total. The second-order valence-electron chi connectivity index (χ2n) is 7.68. The predicted molar refractivity (Wildman–Crippen MR) is 99.4 cm³/mol. The van der Waals surface area contributed by atoms with Crippen molar-refractivity contribution in [3.8, 4) is 5.69 Å². The van der Waals surface area contributed by atoms with Crippen LogP contribution in [0.5, 0.6) is 0 Å². The fourth-order valence-electron chi connectivity index (χ4n) is 4.90. The lowest BCUT2D eigenvalue weighted by molar-refractivity contribution is -0.581. The molecule has 0 N–H and O–H groups in total. The van der Waals surface area contributed by atoms with Gasteiger partial charge in [0.25, 0.3) is 5.82 Å². The van der Waals surface area contributed by atoms with E-state index in [1.54, 1.807) is 0 Å². The number of para-hydroxylation sites is 1. The SMILES string of the molecule is [2H]C([2H])([2H])c1n(-c2ccccc2C)c(C)c2[n+]1C=CC2(C)C1CCCCC1. The van der Waals surface area contributed by atoms with E-state index >= 15 is 0 Å². The summed E-state index contributed by atoms with van der Waals surface area (Å²) in [6, 6.07) is 8.05. The normalized spacial score (nSPS) is 26.0. The third-order valence-electron chi connectivity index (χ3n) is 6.25. The first-order valence-corrected chi connectivity index (χ1v) is 9.18. The molecule has 1 aromatic carbocycles. The minimum Gasteiger partial charge on any atom is -0.203 e. The molecule has 0 bridgehead atoms. The first kappa shape index (κ1) is 12.5. The highest BCUT2D eigenvalue weighted by atomic mass is 15.2. The Labute approximate surface area is 150 Å². The smallest absolute Gasteiger partial charge is 0.203 e. The number of aromatic nitrogens is 2. The molecule has 2 aliphatic rings. The van der Waals surface area contributed by atoms with E-state index in [2.05, 4.69) is 19.9 Å². The third-order valence-corrected chi connectivity index (χ3v) is 6.25. The molecule has 1 saturated carbocycles. The number of fused-ring (bicyclic) bond motifs is 1. The van der Waals surface area contributed by atoms with Gasteiger partial charge >= 0.3 is 0 Å². The molecule has 4 rings (SSSR count). The van der Waals surface area contributed by atoms with Gasteiger partial charge in [-0.15, -0.1) is 0 Å². The average Bonchev–Trinajstić information content (AvgIpc) is 3.13. The van der Waals surface area contributed by atoms with Crippen LogP contribution in [0.2, 0.25) is 0 Å². The van der Waals surface area contributed by atoms with Gasteiger partial charge in [0, 0.05) is 17.9 Å². The Balaban J connectivity index is 1.97. The van der Waals surface area contributed by atoms with Crippen LogP contribution in [-0.4, -0.2) is 4.57 Å². The molecule has 1 aromatic heterocycles. The van der Waals surface area contributed by atoms with E-state index in [4.69, 9.17) is 4.11 Å². The molecule has 0 spiro atoms. The molecule has 2 aromatic rings. The van der Waals surface area contributed by atoms with E-state index in [1.807, 2.05) is 46.5 Å². The summed E-state index contributed by atoms with van der Waals surface area (Å²) in [7, 11) is 0. The molecule has 1 aliphatic heterocycles. The first-order valence-electron chi connectivity index (χ1n) is 10.7. The Hall–Kier alpha value is -1.83. The summed E-state index contributed by atoms with van der Waals surface area (Å²) in [4.78, 5) is 0. The summed E-state index contributed by atoms with van der Waals surface area (Å²) in [5.74, 6) is 0.965. The molecule has 1 aliphatic carbocycles. The topological polar surface area (TPSA) is 8.81 Å². The van der Waals surface area contributed by atoms with Gasteiger partial charge < -0.3 is 0 Å². The zero-order valence-corrected chi connectivity index (χ0v) is 15.0. The zero-order chi connectivity index (χ0) is 19.4. The second-order valence-corrected chi connectivity index (χ2v) is 7.68. The first-order chi connectivity index (χ1) is 12.7. The Kier molecular flexibility index (Phi) is 2.93. The predicted octanol–water partition coefficient (Wildman–Crippen LogP) is 5.01. The van der Waals surface area contributed by atoms with E-state index in [0.29, 0.717) is 11.7 Å². The molecule has 1 atom stereocenters. The van der Waals surface area contributed by atoms with Gasteiger partial charge in [0.05, 0.1) is 11.6 Å². The maximum Gasteiger partial charge on any atom is 0.263 e. The summed E-state index contributed by atoms with van der Waals surface area (Å²) in [6.45, 7) is 4.25. The van der Waals surface area contributed by atoms with Crippen LogP contribution in [0.4, 0.5) is 0 Å². The van der Waals surface area contributed by atoms with Crippen molar-refractivity contribution in [2.24, 2.45) is 5.92 Å². The average molecular weight is 325 g/mol. The number of hydrogen-bond acceptors (Lipinski definition) is 0. The molecule has 2 heterocycles. The van der Waals surface area contributed by atoms with Gasteiger partial charge in [0.2, 0.25) is 0 Å². The van der Waals surface area contributed by atoms with Crippen molar-refractivity contribution < 1.29 is 8.68 Å². The number of rotatable bonds is 2. The van der Waals surface area contributed by atoms with Crippen molar-refractivity contribution in [3.05, 3.63) is 53.1 Å². The Bertz CT molecular complexity index is 901. The van der Waals surface area contributed by atoms with Crippen LogP contribution in [0.3, 0.4) is 0 Å². The van der Waals surface area contributed by atoms with Crippen LogP contribution < -0.4 is 4.57 Å². The third kappa shape index (κ3) is 2.12. The molecular formula is C22H29N2+. The molecule has 0 amide bonds. The fraction of sp³-hybridized carbons (Fsp3) is 0.500. The number of benzene rings is 1. The lowest BCUT2D eigenvalue weighted by Crippen LogP contribution is -2.38. The van der Waals surface area contributed by atoms with Crippen LogP contribution >= 0.6 is 0 Å². The van der Waals surface area contributed by atoms with E-state index in [-0.39, 0.29) is 5.41 Å². The highest BCUT2D eigenvalue weighted by molar-refractivity contribution is 5.46. The maximum absolute atomic E-state index is 8.25. The molecule has 0 saturated heterocycles. The summed E-state index contributed by atoms with van der Waals surface area (Å²) >= 11 is 0. The van der Waals surface area contributed by atoms with Gasteiger partial charge in [-0.05, 0) is 50.3 Å². The van der Waals surface area contributed by atoms with E-state index < -0.39 is 6.85 Å². The van der Waals surface area contributed by atoms with E-state index in [0.717, 1.165) is 22.6 Å². The van der Waals surface area contributed by atoms with Crippen molar-refractivity contribution in [1.29, 1.82) is 0 Å². The highest BCUT2D eigenvalue weighted by Gasteiger charge is 2.46. The Morgan fingerprint density at radius 1 is 1.17 bits per heavy atom. The minimum absolute atomic E-state index is 0.0988. The highest BCUT2D eigenvalue weighted by Crippen LogP contribution is 2.44. The number of hydrogen-bond donors (Lipinski definition) is 0. The van der Waals surface area contributed by atoms with Crippen molar-refractivity contribution in [2.45, 2.75) is 65.1 Å². The standard InChI is InChI=1S/C22H29N2/c1-16-10-8-9-13-20(16)24-17(2)21-22(4,14-15-23(21)18(24)3)19-11-6-5-7-12-19/h8-10,13-15,19H,5-7,11-12H2,1-4H3/q+1/i3D3. The molecule has 1 unspecified atom stereocenters. The molecule has 0 radical (unpaired) electrons. The lowest BCUT2D eigenvalue weighted by Gasteiger charge is -2.34. The van der Waals surface area contributed by atoms with Gasteiger partial charge in [-0.1, -0.05) is 37.5 Å². The van der Waals surface area contributed by atoms with Gasteiger partial charge in [-0.3, -0.25) is 0 Å². The van der Waals surface area contributed by atoms with E-state index in [9.17, 15) is 0 Å². The maximum atomic E-state index is 8.25. The largest absolute Gasteiger partial charge is 0.263 e. The lowest BCUT2D eigenvalue weighted by atomic mass is 9.68. The van der Waals surface area contributed by atoms with Crippen molar-refractivity contribution in [3.63, 3.8) is 0 Å². The molecule has 1 fully saturated rings. The van der Waals surface area contributed by atoms with Crippen molar-refractivity contribution in [2.75, 3.05) is 0 Å². The van der Waals surface area contributed by atoms with E-state index in [1.165, 1.54) is 32.1 Å². The Morgan fingerprint density at radius 3 is 2.62 bits per heavy atom. The monoisotopic (exact) mass is 324 g/mol. The second kappa shape index (κ2) is 5.61. The van der Waals surface area contributed by atoms with Crippen LogP contribution in [-0.2, 0) is 5.41 Å². The summed E-state index contributed by atoms with van der Waals surface area (Å²) in [5, 5.41) is 0. The number of nitrogens with zero attached hydrogens (tertiary/aromatic N) is 2. The van der Waals surface area contributed by atoms with Gasteiger partial charge in [-0.2, -0.15) is 4.57 Å². The minimum atomic E-state index is -2.19. The zero-order valence-electron chi connectivity index (χ0n) is 18.0. The van der Waals surface area contributed by atoms with Gasteiger partial charge in [0.15, 0.2) is 5.69 Å². The summed E-state index contributed by atoms with van der Waals surface area (Å²) < 4.78 is 28.7. The van der Waals surface area contributed by atoms with Gasteiger partial charge in [-0.25, -0.2) is 4.57 Å². The van der Waals surface area contributed by atoms with Crippen LogP contribution in [0.15, 0.2) is 30.3 Å². The van der Waals surface area contributed by atoms with Crippen molar-refractivity contribution in [1.82, 2.24) is 4.57 Å². The summed E-state index contributed by atoms with van der Waals surface area (Å²) in [5.41, 5.74) is 4.15. The molecule has 2 heteroatoms. The summed E-state index contributed by atoms with van der Waals surface area (Å²) in [6.07, 6.45) is 10.6. The van der Waals surface area contributed by atoms with Gasteiger partial charge in [0.1, 0.15) is 11.4 Å². The number of aryl methyl sites for hydroxylation is 1. The fourth-order valence-corrected chi connectivity index (χ4v) is 4.90. The molecule has 126 valence electrons. The van der Waals surface area contributed by atoms with Crippen LogP contribution in [0.25, 0.3) is 11.9 Å². The van der Waals surface area contributed by atoms with Crippen LogP contribution in [0, 0.1) is 26.6 Å². The number of imidazole rings is 1. The molecule has 24 heavy (non-hydrogen) atoms. The number of allylic oxidation sites excluding steroid dienone is 1. The quantitative estimate of drug-likeness (QED) is 0.686.